The summed E-state index contributed by atoms with van der Waals surface area (Å²) in [6.45, 7) is 8.87. The summed E-state index contributed by atoms with van der Waals surface area (Å²) >= 11 is 0. The van der Waals surface area contributed by atoms with Crippen LogP contribution in [0.3, 0.4) is 0 Å². The molecule has 0 aliphatic rings. The minimum atomic E-state index is -1.83. The molecule has 0 aromatic heterocycles. The fourth-order valence-electron chi connectivity index (χ4n) is 5.30. The topological polar surface area (TPSA) is 396 Å². The summed E-state index contributed by atoms with van der Waals surface area (Å²) in [5.74, 6) is -4.64. The molecule has 0 radical (unpaired) electrons. The Labute approximate surface area is 677 Å². The van der Waals surface area contributed by atoms with Crippen LogP contribution in [0, 0.1) is 0 Å². The number of carbonyl (C=O) groups is 9. The van der Waals surface area contributed by atoms with E-state index in [2.05, 4.69) is 13.8 Å². The predicted molar refractivity (Wildman–Crippen MR) is 306 cm³/mol. The Morgan fingerprint density at radius 2 is 0.329 bits per heavy atom. The zero-order valence-corrected chi connectivity index (χ0v) is 67.9. The Morgan fingerprint density at radius 1 is 0.250 bits per heavy atom. The first-order valence-electron chi connectivity index (χ1n) is 23.6. The minimum absolute atomic E-state index is 0. The number of aliphatic carboxylic acids is 6. The van der Waals surface area contributed by atoms with Gasteiger partial charge < -0.3 is 61.3 Å². The second-order valence-electron chi connectivity index (χ2n) is 15.1. The normalized spacial score (nSPS) is 7.97. The van der Waals surface area contributed by atoms with Crippen molar-refractivity contribution in [1.82, 2.24) is 0 Å². The molecule has 0 bridgehead atoms. The number of hydrogen-bond acceptors (Lipinski definition) is 9. The SMILES string of the molecule is CC(=O)O.CC(=O)O.CC(=O)O.CC(=O)O.CCCCCCCCCCCCCCCCCC(=O)O.CCCCCCCCCCCCCCCCCC(=O)O.O=C(O)O.O=C(O)O.O=C(O)O.[Ba+2].[Ca+2].[Ca+2].[Mg+2].[Mg+2].[Mg+2].[Sr+2].[Sr+2]. The first-order valence-corrected chi connectivity index (χ1v) is 23.6. The van der Waals surface area contributed by atoms with E-state index < -0.39 is 54.3 Å². The van der Waals surface area contributed by atoms with Crippen LogP contribution < -0.4 is 0 Å². The van der Waals surface area contributed by atoms with E-state index in [1.807, 2.05) is 0 Å². The number of carboxylic acid groups (broad SMARTS) is 12. The van der Waals surface area contributed by atoms with Gasteiger partial charge in [-0.3, -0.25) is 28.8 Å². The number of hydrogen-bond donors (Lipinski definition) is 12. The van der Waals surface area contributed by atoms with E-state index in [0.29, 0.717) is 12.8 Å². The average Bonchev–Trinajstić information content (AvgIpc) is 3.16. The third-order valence-electron chi connectivity index (χ3n) is 7.99. The van der Waals surface area contributed by atoms with Crippen LogP contribution in [0.25, 0.3) is 0 Å². The van der Waals surface area contributed by atoms with Crippen LogP contribution in [0.5, 0.6) is 0 Å². The van der Waals surface area contributed by atoms with Gasteiger partial charge in [0, 0.05) is 40.5 Å². The van der Waals surface area contributed by atoms with E-state index in [0.717, 1.165) is 53.4 Å². The van der Waals surface area contributed by atoms with Gasteiger partial charge in [0.2, 0.25) is 0 Å². The Hall–Kier alpha value is 3.98. The molecule has 0 aromatic rings. The zero-order valence-electron chi connectivity index (χ0n) is 47.8. The summed E-state index contributed by atoms with van der Waals surface area (Å²) in [5.41, 5.74) is 0. The molecule has 0 saturated carbocycles. The predicted octanol–water partition coefficient (Wildman–Crippen LogP) is 10.6. The number of unbranched alkanes of at least 4 members (excludes halogenated alkanes) is 28. The van der Waals surface area contributed by atoms with Gasteiger partial charge in [-0.15, -0.1) is 0 Å². The summed E-state index contributed by atoms with van der Waals surface area (Å²) < 4.78 is 0. The Morgan fingerprint density at radius 3 is 0.408 bits per heavy atom. The molecule has 0 saturated heterocycles. The van der Waals surface area contributed by atoms with Gasteiger partial charge in [0.25, 0.3) is 23.9 Å². The third-order valence-corrected chi connectivity index (χ3v) is 7.99. The van der Waals surface area contributed by atoms with Crippen molar-refractivity contribution in [3.63, 3.8) is 0 Å². The molecule has 0 spiro atoms. The Balaban J connectivity index is -0.0000000382. The molecule has 0 atom stereocenters. The van der Waals surface area contributed by atoms with Crippen LogP contribution in [-0.4, -0.2) is 400 Å². The van der Waals surface area contributed by atoms with Crippen LogP contribution in [0.4, 0.5) is 14.4 Å². The van der Waals surface area contributed by atoms with Gasteiger partial charge >= 0.3 is 315 Å². The van der Waals surface area contributed by atoms with E-state index in [4.69, 9.17) is 94.8 Å². The van der Waals surface area contributed by atoms with Crippen molar-refractivity contribution in [2.45, 2.75) is 247 Å². The summed E-state index contributed by atoms with van der Waals surface area (Å²) in [6, 6.07) is 0. The van der Waals surface area contributed by atoms with Gasteiger partial charge in [0.1, 0.15) is 0 Å². The molecule has 0 aliphatic carbocycles. The van der Waals surface area contributed by atoms with E-state index in [9.17, 15) is 9.59 Å². The first-order chi connectivity index (χ1) is 31.7. The van der Waals surface area contributed by atoms with Crippen LogP contribution >= 0.6 is 0 Å². The van der Waals surface area contributed by atoms with Gasteiger partial charge in [-0.2, -0.15) is 0 Å². The molecule has 0 amide bonds. The van der Waals surface area contributed by atoms with Crippen molar-refractivity contribution < 1.29 is 104 Å². The van der Waals surface area contributed by atoms with Crippen molar-refractivity contribution in [2.75, 3.05) is 0 Å². The third kappa shape index (κ3) is 320. The summed E-state index contributed by atoms with van der Waals surface area (Å²) in [6.07, 6.45) is 34.9. The molecular weight excluding hydrogens is 1370 g/mol. The van der Waals surface area contributed by atoms with Crippen LogP contribution in [0.2, 0.25) is 0 Å². The second kappa shape index (κ2) is 121. The molecule has 0 aliphatic heterocycles. The maximum absolute atomic E-state index is 10.3. The monoisotopic (exact) mass is 1460 g/mol. The molecule has 0 heterocycles. The van der Waals surface area contributed by atoms with Gasteiger partial charge in [0.05, 0.1) is 0 Å². The zero-order chi connectivity index (χ0) is 54.8. The molecule has 408 valence electrons. The standard InChI is InChI=1S/2C18H36O2.4C2H4O2.3CH2O3.Ba.2Ca.3Mg.2Sr/c2*1-2-3-4-5-6-7-8-9-10-11-12-13-14-15-16-17-18(19)20;4*1-2(3)4;3*2-1(3)4;;;;;;;;/h2*2-17H2,1H3,(H,19,20);4*1H3,(H,3,4);3*(H2,2,3,4);;;;;;;;/q;;;;;;;;;8*+2. The van der Waals surface area contributed by atoms with Gasteiger partial charge in [-0.1, -0.05) is 194 Å². The fraction of sp³-hybridized carbons (Fsp3) is 0.809. The van der Waals surface area contributed by atoms with Crippen molar-refractivity contribution in [3.8, 4) is 0 Å². The van der Waals surface area contributed by atoms with Gasteiger partial charge in [0.15, 0.2) is 0 Å². The first kappa shape index (κ1) is 126. The molecule has 29 heteroatoms. The minimum Gasteiger partial charge on any atom is -0.481 e. The molecule has 12 N–H and O–H groups in total. The van der Waals surface area contributed by atoms with Crippen LogP contribution in [0.15, 0.2) is 0 Å². The molecular formula is C47H94BaCa2Mg3O21Sr2+16. The summed E-state index contributed by atoms with van der Waals surface area (Å²) in [4.78, 5) is 82.3. The van der Waals surface area contributed by atoms with E-state index >= 15 is 0 Å². The quantitative estimate of drug-likeness (QED) is 0.0220. The summed E-state index contributed by atoms with van der Waals surface area (Å²) in [5, 5.41) is 88.5. The molecule has 0 rings (SSSR count). The van der Waals surface area contributed by atoms with Gasteiger partial charge in [-0.25, -0.2) is 14.4 Å². The van der Waals surface area contributed by atoms with E-state index in [1.54, 1.807) is 0 Å². The molecule has 76 heavy (non-hydrogen) atoms. The molecule has 0 aromatic carbocycles. The number of rotatable bonds is 32. The molecule has 0 fully saturated rings. The van der Waals surface area contributed by atoms with Crippen molar-refractivity contribution in [3.05, 3.63) is 0 Å². The van der Waals surface area contributed by atoms with Crippen molar-refractivity contribution in [1.29, 1.82) is 0 Å². The Bertz CT molecular complexity index is 992. The maximum Gasteiger partial charge on any atom is 2.00 e. The van der Waals surface area contributed by atoms with E-state index in [-0.39, 0.29) is 284 Å². The average molecular weight is 1460 g/mol. The largest absolute Gasteiger partial charge is 2.00 e. The Kier molecular flexibility index (Phi) is 200. The molecule has 21 nitrogen and oxygen atoms in total. The smallest absolute Gasteiger partial charge is 0.481 e. The second-order valence-corrected chi connectivity index (χ2v) is 15.1. The number of carboxylic acids is 6. The summed E-state index contributed by atoms with van der Waals surface area (Å²) in [7, 11) is 0. The fourth-order valence-corrected chi connectivity index (χ4v) is 5.30. The van der Waals surface area contributed by atoms with E-state index in [1.165, 1.54) is 167 Å². The van der Waals surface area contributed by atoms with Crippen molar-refractivity contribution in [2.24, 2.45) is 0 Å². The van der Waals surface area contributed by atoms with Gasteiger partial charge in [-0.05, 0) is 12.8 Å². The maximum atomic E-state index is 10.3. The van der Waals surface area contributed by atoms with Crippen molar-refractivity contribution >= 4 is 339 Å². The molecule has 0 unspecified atom stereocenters. The van der Waals surface area contributed by atoms with Crippen LogP contribution in [-0.2, 0) is 28.8 Å². The van der Waals surface area contributed by atoms with Crippen LogP contribution in [0.1, 0.15) is 247 Å².